The Balaban J connectivity index is 1.47. The highest BCUT2D eigenvalue weighted by Crippen LogP contribution is 2.27. The van der Waals surface area contributed by atoms with Crippen LogP contribution in [-0.4, -0.2) is 31.1 Å². The first-order valence-electron chi connectivity index (χ1n) is 8.72. The van der Waals surface area contributed by atoms with Gasteiger partial charge in [0.2, 0.25) is 5.91 Å². The van der Waals surface area contributed by atoms with Crippen LogP contribution in [0.25, 0.3) is 10.2 Å². The lowest BCUT2D eigenvalue weighted by Crippen LogP contribution is -2.41. The lowest BCUT2D eigenvalue weighted by molar-refractivity contribution is -0.120. The molecule has 0 radical (unpaired) electrons. The summed E-state index contributed by atoms with van der Waals surface area (Å²) in [6.45, 7) is 1.38. The molecule has 1 atom stereocenters. The van der Waals surface area contributed by atoms with Crippen molar-refractivity contribution in [3.8, 4) is 5.75 Å². The lowest BCUT2D eigenvalue weighted by atomic mass is 9.97. The normalized spacial score (nSPS) is 17.1. The minimum Gasteiger partial charge on any atom is -0.497 e. The number of ether oxygens (including phenoxy) is 1. The second-order valence-electron chi connectivity index (χ2n) is 6.42. The Labute approximate surface area is 164 Å². The molecule has 0 unspecified atom stereocenters. The number of amides is 1. The van der Waals surface area contributed by atoms with E-state index in [2.05, 4.69) is 15.2 Å². The van der Waals surface area contributed by atoms with E-state index in [-0.39, 0.29) is 16.6 Å². The van der Waals surface area contributed by atoms with E-state index in [1.54, 1.807) is 7.11 Å². The number of anilines is 2. The van der Waals surface area contributed by atoms with Gasteiger partial charge in [0.15, 0.2) is 5.13 Å². The van der Waals surface area contributed by atoms with Crippen molar-refractivity contribution in [1.82, 2.24) is 4.98 Å². The first-order valence-corrected chi connectivity index (χ1v) is 10.4. The third kappa shape index (κ3) is 3.81. The molecule has 27 heavy (non-hydrogen) atoms. The third-order valence-corrected chi connectivity index (χ3v) is 6.60. The minimum atomic E-state index is -0.136. The van der Waals surface area contributed by atoms with Gasteiger partial charge in [-0.25, -0.2) is 4.98 Å². The second kappa shape index (κ2) is 7.66. The molecule has 3 aromatic rings. The predicted molar refractivity (Wildman–Crippen MR) is 110 cm³/mol. The first-order chi connectivity index (χ1) is 13.1. The average Bonchev–Trinajstić information content (AvgIpc) is 3.18. The number of piperidine rings is 1. The zero-order chi connectivity index (χ0) is 18.8. The molecule has 1 aliphatic rings. The van der Waals surface area contributed by atoms with Crippen molar-refractivity contribution in [1.29, 1.82) is 0 Å². The van der Waals surface area contributed by atoms with Gasteiger partial charge in [0, 0.05) is 18.8 Å². The van der Waals surface area contributed by atoms with E-state index in [1.807, 2.05) is 35.7 Å². The van der Waals surface area contributed by atoms with Crippen LogP contribution in [0.3, 0.4) is 0 Å². The Morgan fingerprint density at radius 1 is 1.30 bits per heavy atom. The summed E-state index contributed by atoms with van der Waals surface area (Å²) in [6, 6.07) is 9.17. The summed E-state index contributed by atoms with van der Waals surface area (Å²) in [7, 11) is 1.61. The fourth-order valence-electron chi connectivity index (χ4n) is 3.22. The van der Waals surface area contributed by atoms with Crippen molar-refractivity contribution in [3.63, 3.8) is 0 Å². The lowest BCUT2D eigenvalue weighted by Gasteiger charge is -2.32. The number of hydrogen-bond acceptors (Lipinski definition) is 7. The Bertz CT molecular complexity index is 1010. The number of methoxy groups -OCH3 is 1. The maximum atomic E-state index is 12.7. The number of carbonyl (C=O) groups excluding carboxylic acids is 1. The van der Waals surface area contributed by atoms with Crippen LogP contribution < -0.4 is 19.7 Å². The van der Waals surface area contributed by atoms with Gasteiger partial charge in [-0.1, -0.05) is 11.3 Å². The fraction of sp³-hybridized carbons (Fsp3) is 0.316. The van der Waals surface area contributed by atoms with Crippen LogP contribution in [0, 0.1) is 5.92 Å². The molecule has 0 bridgehead atoms. The van der Waals surface area contributed by atoms with Crippen molar-refractivity contribution in [2.75, 3.05) is 30.4 Å². The smallest absolute Gasteiger partial charge is 0.255 e. The highest BCUT2D eigenvalue weighted by molar-refractivity contribution is 7.21. The van der Waals surface area contributed by atoms with Crippen LogP contribution in [0.4, 0.5) is 10.8 Å². The van der Waals surface area contributed by atoms with E-state index in [0.717, 1.165) is 47.7 Å². The van der Waals surface area contributed by atoms with Crippen LogP contribution >= 0.6 is 22.7 Å². The Hall–Kier alpha value is -2.45. The molecule has 0 aliphatic carbocycles. The summed E-state index contributed by atoms with van der Waals surface area (Å²) >= 11 is 2.59. The van der Waals surface area contributed by atoms with Crippen molar-refractivity contribution >= 4 is 49.6 Å². The molecular weight excluding hydrogens is 382 g/mol. The van der Waals surface area contributed by atoms with Gasteiger partial charge in [0.1, 0.15) is 10.4 Å². The predicted octanol–water partition coefficient (Wildman–Crippen LogP) is 3.58. The molecule has 1 amide bonds. The van der Waals surface area contributed by atoms with Crippen molar-refractivity contribution in [2.24, 2.45) is 5.92 Å². The molecular formula is C19H19N3O3S2. The number of carbonyl (C=O) groups is 1. The number of nitrogens with one attached hydrogen (secondary N) is 1. The molecule has 140 valence electrons. The topological polar surface area (TPSA) is 71.5 Å². The summed E-state index contributed by atoms with van der Waals surface area (Å²) in [5.41, 5.74) is 1.49. The van der Waals surface area contributed by atoms with E-state index < -0.39 is 0 Å². The largest absolute Gasteiger partial charge is 0.497 e. The van der Waals surface area contributed by atoms with Crippen LogP contribution in [0.5, 0.6) is 5.75 Å². The van der Waals surface area contributed by atoms with Crippen LogP contribution in [0.1, 0.15) is 12.8 Å². The maximum absolute atomic E-state index is 12.7. The van der Waals surface area contributed by atoms with Gasteiger partial charge in [0.25, 0.3) is 4.74 Å². The van der Waals surface area contributed by atoms with Crippen molar-refractivity contribution < 1.29 is 9.53 Å². The van der Waals surface area contributed by atoms with Gasteiger partial charge in [-0.05, 0) is 48.6 Å². The number of benzene rings is 1. The van der Waals surface area contributed by atoms with E-state index in [4.69, 9.17) is 4.74 Å². The molecule has 8 heteroatoms. The third-order valence-electron chi connectivity index (χ3n) is 4.65. The molecule has 1 aliphatic heterocycles. The molecule has 1 N–H and O–H groups in total. The Morgan fingerprint density at radius 3 is 2.89 bits per heavy atom. The van der Waals surface area contributed by atoms with Gasteiger partial charge in [-0.2, -0.15) is 0 Å². The van der Waals surface area contributed by atoms with E-state index >= 15 is 0 Å². The molecule has 6 nitrogen and oxygen atoms in total. The molecule has 0 saturated carbocycles. The summed E-state index contributed by atoms with van der Waals surface area (Å²) < 4.78 is 5.88. The first kappa shape index (κ1) is 17.9. The molecule has 3 heterocycles. The fourth-order valence-corrected chi connectivity index (χ4v) is 4.95. The highest BCUT2D eigenvalue weighted by atomic mass is 32.1. The molecule has 1 aromatic carbocycles. The van der Waals surface area contributed by atoms with Crippen LogP contribution in [-0.2, 0) is 4.79 Å². The summed E-state index contributed by atoms with van der Waals surface area (Å²) in [6.07, 6.45) is 1.72. The van der Waals surface area contributed by atoms with Gasteiger partial charge in [-0.3, -0.25) is 9.59 Å². The van der Waals surface area contributed by atoms with Gasteiger partial charge < -0.3 is 15.0 Å². The molecule has 1 saturated heterocycles. The number of rotatable bonds is 4. The maximum Gasteiger partial charge on any atom is 0.255 e. The van der Waals surface area contributed by atoms with Crippen molar-refractivity contribution in [3.05, 3.63) is 45.2 Å². The molecule has 4 rings (SSSR count). The quantitative estimate of drug-likeness (QED) is 0.723. The zero-order valence-corrected chi connectivity index (χ0v) is 16.4. The van der Waals surface area contributed by atoms with E-state index in [0.29, 0.717) is 16.4 Å². The summed E-state index contributed by atoms with van der Waals surface area (Å²) in [5.74, 6) is 0.610. The average molecular weight is 402 g/mol. The minimum absolute atomic E-state index is 0.00572. The van der Waals surface area contributed by atoms with Gasteiger partial charge in [0.05, 0.1) is 18.5 Å². The molecule has 2 aromatic heterocycles. The zero-order valence-electron chi connectivity index (χ0n) is 14.8. The summed E-state index contributed by atoms with van der Waals surface area (Å²) in [5, 5.41) is 5.56. The highest BCUT2D eigenvalue weighted by Gasteiger charge is 2.27. The van der Waals surface area contributed by atoms with Gasteiger partial charge >= 0.3 is 0 Å². The number of thiophene rings is 1. The van der Waals surface area contributed by atoms with Crippen LogP contribution in [0.2, 0.25) is 0 Å². The van der Waals surface area contributed by atoms with E-state index in [9.17, 15) is 9.59 Å². The molecule has 0 spiro atoms. The van der Waals surface area contributed by atoms with Crippen molar-refractivity contribution in [2.45, 2.75) is 12.8 Å². The number of fused-ring (bicyclic) bond motifs is 1. The number of aromatic nitrogens is 1. The second-order valence-corrected chi connectivity index (χ2v) is 8.28. The number of hydrogen-bond donors (Lipinski definition) is 1. The van der Waals surface area contributed by atoms with Crippen LogP contribution in [0.15, 0.2) is 40.5 Å². The monoisotopic (exact) mass is 401 g/mol. The van der Waals surface area contributed by atoms with E-state index in [1.165, 1.54) is 11.3 Å². The Morgan fingerprint density at radius 2 is 2.11 bits per heavy atom. The standard InChI is InChI=1S/C19H19N3O3S2/c1-25-14-6-4-13(5-7-14)20-17(23)12-3-2-9-22(11-12)19-21-15-8-10-26-16(15)18(24)27-19/h4-8,10,12H,2-3,9,11H2,1H3,(H,20,23)/t12-/m1/s1. The Kier molecular flexibility index (Phi) is 5.09. The number of nitrogens with zero attached hydrogens (tertiary/aromatic N) is 2. The molecule has 1 fully saturated rings. The summed E-state index contributed by atoms with van der Waals surface area (Å²) in [4.78, 5) is 31.7. The SMILES string of the molecule is COc1ccc(NC(=O)[C@@H]2CCCN(c3nc4ccsc4c(=O)s3)C2)cc1. The van der Waals surface area contributed by atoms with Gasteiger partial charge in [-0.15, -0.1) is 11.3 Å².